The van der Waals surface area contributed by atoms with Crippen LogP contribution in [0.5, 0.6) is 0 Å². The molecule has 3 rings (SSSR count). The second kappa shape index (κ2) is 6.95. The van der Waals surface area contributed by atoms with Crippen LogP contribution in [-0.2, 0) is 9.59 Å². The van der Waals surface area contributed by atoms with E-state index in [1.54, 1.807) is 29.2 Å². The number of para-hydroxylation sites is 2. The number of anilines is 1. The largest absolute Gasteiger partial charge is 0.329 e. The monoisotopic (exact) mass is 327 g/mol. The van der Waals surface area contributed by atoms with Crippen molar-refractivity contribution in [3.8, 4) is 5.69 Å². The van der Waals surface area contributed by atoms with Crippen LogP contribution in [0.25, 0.3) is 5.69 Å². The highest BCUT2D eigenvalue weighted by atomic mass is 16.2. The summed E-state index contributed by atoms with van der Waals surface area (Å²) in [7, 11) is 0. The number of benzene rings is 1. The molecule has 124 valence electrons. The average Bonchev–Trinajstić information content (AvgIpc) is 3.20. The summed E-state index contributed by atoms with van der Waals surface area (Å²) in [4.78, 5) is 36.1. The van der Waals surface area contributed by atoms with Crippen molar-refractivity contribution in [1.29, 1.82) is 0 Å². The van der Waals surface area contributed by atoms with Crippen LogP contribution in [0.15, 0.2) is 42.7 Å². The minimum atomic E-state index is -0.399. The molecule has 0 aliphatic carbocycles. The fourth-order valence-electron chi connectivity index (χ4n) is 2.48. The van der Waals surface area contributed by atoms with Crippen molar-refractivity contribution in [1.82, 2.24) is 20.0 Å². The van der Waals surface area contributed by atoms with Gasteiger partial charge in [-0.2, -0.15) is 5.10 Å². The van der Waals surface area contributed by atoms with E-state index in [4.69, 9.17) is 0 Å². The number of amides is 4. The number of nitrogens with zero attached hydrogens (tertiary/aromatic N) is 3. The number of urea groups is 1. The number of carbonyl (C=O) groups excluding carboxylic acids is 3. The van der Waals surface area contributed by atoms with Crippen molar-refractivity contribution < 1.29 is 14.4 Å². The fourth-order valence-corrected chi connectivity index (χ4v) is 2.48. The number of aromatic nitrogens is 2. The van der Waals surface area contributed by atoms with E-state index < -0.39 is 6.03 Å². The van der Waals surface area contributed by atoms with Crippen LogP contribution in [0.4, 0.5) is 10.5 Å². The molecule has 0 atom stereocenters. The van der Waals surface area contributed by atoms with Crippen LogP contribution in [0.2, 0.25) is 0 Å². The third kappa shape index (κ3) is 3.43. The Morgan fingerprint density at radius 2 is 2.08 bits per heavy atom. The van der Waals surface area contributed by atoms with Gasteiger partial charge in [0.05, 0.1) is 17.9 Å². The smallest absolute Gasteiger partial charge is 0.324 e. The fraction of sp³-hybridized carbons (Fsp3) is 0.250. The Hall–Kier alpha value is -3.16. The molecule has 0 saturated carbocycles. The minimum Gasteiger partial charge on any atom is -0.329 e. The van der Waals surface area contributed by atoms with Crippen molar-refractivity contribution in [3.63, 3.8) is 0 Å². The third-order valence-electron chi connectivity index (χ3n) is 3.65. The zero-order valence-electron chi connectivity index (χ0n) is 12.9. The zero-order chi connectivity index (χ0) is 16.9. The third-order valence-corrected chi connectivity index (χ3v) is 3.65. The molecule has 1 aromatic heterocycles. The molecule has 0 spiro atoms. The highest BCUT2D eigenvalue weighted by Gasteiger charge is 2.27. The maximum Gasteiger partial charge on any atom is 0.324 e. The van der Waals surface area contributed by atoms with Crippen LogP contribution < -0.4 is 10.6 Å². The van der Waals surface area contributed by atoms with Gasteiger partial charge in [0.15, 0.2) is 0 Å². The lowest BCUT2D eigenvalue weighted by atomic mass is 10.2. The molecule has 1 saturated heterocycles. The molecule has 0 unspecified atom stereocenters. The van der Waals surface area contributed by atoms with Gasteiger partial charge in [-0.15, -0.1) is 0 Å². The van der Waals surface area contributed by atoms with Crippen molar-refractivity contribution in [3.05, 3.63) is 42.7 Å². The minimum absolute atomic E-state index is 0.0300. The van der Waals surface area contributed by atoms with Gasteiger partial charge in [-0.25, -0.2) is 9.48 Å². The Labute approximate surface area is 138 Å². The Balaban J connectivity index is 1.56. The molecular formula is C16H17N5O3. The molecule has 1 aliphatic heterocycles. The second-order valence-corrected chi connectivity index (χ2v) is 5.32. The van der Waals surface area contributed by atoms with Gasteiger partial charge in [0, 0.05) is 25.4 Å². The summed E-state index contributed by atoms with van der Waals surface area (Å²) in [6.07, 6.45) is 4.08. The molecule has 4 amide bonds. The highest BCUT2D eigenvalue weighted by molar-refractivity contribution is 6.02. The Bertz CT molecular complexity index is 741. The van der Waals surface area contributed by atoms with Gasteiger partial charge in [0.25, 0.3) is 0 Å². The first-order valence-corrected chi connectivity index (χ1v) is 7.62. The number of nitrogens with one attached hydrogen (secondary N) is 2. The Morgan fingerprint density at radius 1 is 1.25 bits per heavy atom. The van der Waals surface area contributed by atoms with E-state index >= 15 is 0 Å². The van der Waals surface area contributed by atoms with Crippen LogP contribution in [0, 0.1) is 0 Å². The van der Waals surface area contributed by atoms with E-state index in [1.807, 2.05) is 18.2 Å². The van der Waals surface area contributed by atoms with Crippen molar-refractivity contribution >= 4 is 23.5 Å². The number of carbonyl (C=O) groups is 3. The molecule has 2 aromatic rings. The van der Waals surface area contributed by atoms with E-state index in [-0.39, 0.29) is 31.3 Å². The van der Waals surface area contributed by atoms with E-state index in [2.05, 4.69) is 15.7 Å². The summed E-state index contributed by atoms with van der Waals surface area (Å²) in [5, 5.41) is 9.45. The summed E-state index contributed by atoms with van der Waals surface area (Å²) in [6.45, 7) is 0.265. The Morgan fingerprint density at radius 3 is 2.79 bits per heavy atom. The summed E-state index contributed by atoms with van der Waals surface area (Å²) in [5.74, 6) is -0.439. The lowest BCUT2D eigenvalue weighted by Crippen LogP contribution is -2.32. The SMILES string of the molecule is O=C(CCCN1C(=O)CNC1=O)Nc1ccccc1-n1cccn1. The molecule has 0 bridgehead atoms. The van der Waals surface area contributed by atoms with E-state index in [0.29, 0.717) is 12.1 Å². The van der Waals surface area contributed by atoms with Gasteiger partial charge < -0.3 is 10.6 Å². The number of hydrogen-bond acceptors (Lipinski definition) is 4. The molecule has 1 aliphatic rings. The standard InChI is InChI=1S/C16H17N5O3/c22-14(7-3-9-20-15(23)11-17-16(20)24)19-12-5-1-2-6-13(12)21-10-4-8-18-21/h1-2,4-6,8,10H,3,7,9,11H2,(H,17,24)(H,19,22). The van der Waals surface area contributed by atoms with Crippen molar-refractivity contribution in [2.75, 3.05) is 18.4 Å². The van der Waals surface area contributed by atoms with Gasteiger partial charge in [-0.3, -0.25) is 14.5 Å². The van der Waals surface area contributed by atoms with Gasteiger partial charge in [-0.1, -0.05) is 12.1 Å². The molecule has 2 N–H and O–H groups in total. The lowest BCUT2D eigenvalue weighted by molar-refractivity contribution is -0.125. The second-order valence-electron chi connectivity index (χ2n) is 5.32. The van der Waals surface area contributed by atoms with E-state index in [1.165, 1.54) is 0 Å². The maximum atomic E-state index is 12.1. The van der Waals surface area contributed by atoms with E-state index in [0.717, 1.165) is 10.6 Å². The average molecular weight is 327 g/mol. The number of rotatable bonds is 6. The molecule has 1 aromatic carbocycles. The first-order valence-electron chi connectivity index (χ1n) is 7.62. The predicted octanol–water partition coefficient (Wildman–Crippen LogP) is 1.14. The van der Waals surface area contributed by atoms with Crippen molar-refractivity contribution in [2.45, 2.75) is 12.8 Å². The van der Waals surface area contributed by atoms with Crippen LogP contribution in [0.3, 0.4) is 0 Å². The predicted molar refractivity (Wildman–Crippen MR) is 86.5 cm³/mol. The summed E-state index contributed by atoms with van der Waals surface area (Å²) < 4.78 is 1.67. The quantitative estimate of drug-likeness (QED) is 0.778. The maximum absolute atomic E-state index is 12.1. The first kappa shape index (κ1) is 15.7. The molecule has 0 radical (unpaired) electrons. The van der Waals surface area contributed by atoms with E-state index in [9.17, 15) is 14.4 Å². The molecular weight excluding hydrogens is 310 g/mol. The zero-order valence-corrected chi connectivity index (χ0v) is 12.9. The topological polar surface area (TPSA) is 96.3 Å². The first-order chi connectivity index (χ1) is 11.6. The summed E-state index contributed by atoms with van der Waals surface area (Å²) >= 11 is 0. The summed E-state index contributed by atoms with van der Waals surface area (Å²) in [6, 6.07) is 8.75. The molecule has 8 heteroatoms. The lowest BCUT2D eigenvalue weighted by Gasteiger charge is -2.13. The van der Waals surface area contributed by atoms with Crippen LogP contribution >= 0.6 is 0 Å². The normalized spacial score (nSPS) is 13.9. The molecule has 8 nitrogen and oxygen atoms in total. The van der Waals surface area contributed by atoms with Gasteiger partial charge in [0.1, 0.15) is 0 Å². The van der Waals surface area contributed by atoms with Crippen LogP contribution in [0.1, 0.15) is 12.8 Å². The molecule has 1 fully saturated rings. The van der Waals surface area contributed by atoms with Crippen molar-refractivity contribution in [2.24, 2.45) is 0 Å². The van der Waals surface area contributed by atoms with Crippen LogP contribution in [-0.4, -0.2) is 45.6 Å². The summed E-state index contributed by atoms with van der Waals surface area (Å²) in [5.41, 5.74) is 1.42. The number of imide groups is 1. The molecule has 2 heterocycles. The highest BCUT2D eigenvalue weighted by Crippen LogP contribution is 2.19. The van der Waals surface area contributed by atoms with Gasteiger partial charge in [-0.05, 0) is 24.6 Å². The Kier molecular flexibility index (Phi) is 4.55. The van der Waals surface area contributed by atoms with Gasteiger partial charge >= 0.3 is 6.03 Å². The van der Waals surface area contributed by atoms with Gasteiger partial charge in [0.2, 0.25) is 11.8 Å². The molecule has 24 heavy (non-hydrogen) atoms. The number of hydrogen-bond donors (Lipinski definition) is 2.